The maximum absolute atomic E-state index is 12.0. The van der Waals surface area contributed by atoms with Gasteiger partial charge >= 0.3 is 0 Å². The lowest BCUT2D eigenvalue weighted by molar-refractivity contribution is -0.418. The van der Waals surface area contributed by atoms with E-state index in [4.69, 9.17) is 22.1 Å². The Balaban J connectivity index is -0.000000434. The van der Waals surface area contributed by atoms with Crippen molar-refractivity contribution in [3.63, 3.8) is 0 Å². The van der Waals surface area contributed by atoms with E-state index >= 15 is 0 Å². The number of hydrogen-bond donors (Lipinski definition) is 2. The zero-order valence-electron chi connectivity index (χ0n) is 18.8. The molecule has 196 valence electrons. The van der Waals surface area contributed by atoms with Crippen molar-refractivity contribution < 1.29 is 23.4 Å². The highest BCUT2D eigenvalue weighted by Gasteiger charge is 2.12. The minimum atomic E-state index is -2.44. The normalized spacial score (nSPS) is 8.91. The van der Waals surface area contributed by atoms with Gasteiger partial charge in [0.15, 0.2) is 0 Å². The highest BCUT2D eigenvalue weighted by Crippen LogP contribution is 2.24. The molecule has 0 aliphatic heterocycles. The molecule has 0 unspecified atom stereocenters. The predicted molar refractivity (Wildman–Crippen MR) is 138 cm³/mol. The summed E-state index contributed by atoms with van der Waals surface area (Å²) in [5.74, 6) is 0.454. The van der Waals surface area contributed by atoms with Crippen LogP contribution in [0.2, 0.25) is 5.02 Å². The number of nitro benzene ring substituents is 1. The zero-order chi connectivity index (χ0) is 26.8. The molecule has 0 radical (unpaired) electrons. The van der Waals surface area contributed by atoms with Gasteiger partial charge < -0.3 is 10.5 Å². The highest BCUT2D eigenvalue weighted by molar-refractivity contribution is 7.79. The van der Waals surface area contributed by atoms with E-state index in [1.165, 1.54) is 19.4 Å². The van der Waals surface area contributed by atoms with E-state index < -0.39 is 22.7 Å². The number of nitro groups is 2. The Kier molecular flexibility index (Phi) is 20.8. The van der Waals surface area contributed by atoms with E-state index in [1.807, 2.05) is 13.8 Å². The average molecular weight is 538 g/mol. The van der Waals surface area contributed by atoms with Crippen LogP contribution in [-0.4, -0.2) is 33.3 Å². The summed E-state index contributed by atoms with van der Waals surface area (Å²) in [6, 6.07) is 4.54. The number of halogens is 3. The van der Waals surface area contributed by atoms with E-state index in [9.17, 15) is 29.0 Å². The number of nitrogen functional groups attached to an aromatic ring is 1. The van der Waals surface area contributed by atoms with E-state index in [0.29, 0.717) is 16.3 Å². The second-order valence-corrected chi connectivity index (χ2v) is 6.25. The predicted octanol–water partition coefficient (Wildman–Crippen LogP) is 6.18. The maximum Gasteiger partial charge on any atom is 0.274 e. The number of nitrogens with zero attached hydrogens (tertiary/aromatic N) is 4. The summed E-state index contributed by atoms with van der Waals surface area (Å²) < 4.78 is 28.8. The SMILES string of the molecule is C.C=CC(=C)[N+](=O)[O-].CC.COc1nc(N)ncc1CC(F)F.O=[N+]([O-])c1cc(Cl)ccc1CS. The van der Waals surface area contributed by atoms with E-state index in [1.54, 1.807) is 12.1 Å². The van der Waals surface area contributed by atoms with Gasteiger partial charge in [-0.25, -0.2) is 13.8 Å². The molecular weight excluding hydrogens is 508 g/mol. The number of nitrogens with two attached hydrogens (primary N) is 1. The fourth-order valence-corrected chi connectivity index (χ4v) is 2.24. The molecule has 0 amide bonds. The number of rotatable bonds is 7. The van der Waals surface area contributed by atoms with Gasteiger partial charge in [-0.1, -0.05) is 39.5 Å². The van der Waals surface area contributed by atoms with Gasteiger partial charge in [-0.05, 0) is 18.7 Å². The van der Waals surface area contributed by atoms with Crippen molar-refractivity contribution >= 4 is 35.9 Å². The first-order valence-electron chi connectivity index (χ1n) is 9.39. The van der Waals surface area contributed by atoms with Crippen LogP contribution < -0.4 is 10.5 Å². The number of ether oxygens (including phenoxy) is 1. The molecule has 0 bridgehead atoms. The van der Waals surface area contributed by atoms with Crippen molar-refractivity contribution in [2.24, 2.45) is 0 Å². The molecule has 0 saturated carbocycles. The molecule has 14 heteroatoms. The third-order valence-corrected chi connectivity index (χ3v) is 3.87. The third kappa shape index (κ3) is 15.2. The molecule has 1 aromatic carbocycles. The van der Waals surface area contributed by atoms with Gasteiger partial charge in [-0.15, -0.1) is 0 Å². The molecule has 1 heterocycles. The monoisotopic (exact) mass is 537 g/mol. The molecular formula is C21H30ClF2N5O5S. The van der Waals surface area contributed by atoms with Crippen LogP contribution in [0.4, 0.5) is 20.4 Å². The quantitative estimate of drug-likeness (QED) is 0.184. The van der Waals surface area contributed by atoms with Gasteiger partial charge in [-0.2, -0.15) is 17.6 Å². The van der Waals surface area contributed by atoms with Gasteiger partial charge in [0.25, 0.3) is 11.4 Å². The molecule has 0 aliphatic carbocycles. The topological polar surface area (TPSA) is 147 Å². The number of aromatic nitrogens is 2. The van der Waals surface area contributed by atoms with Gasteiger partial charge in [0.1, 0.15) is 0 Å². The minimum Gasteiger partial charge on any atom is -0.481 e. The maximum atomic E-state index is 12.0. The first-order valence-corrected chi connectivity index (χ1v) is 10.4. The molecule has 0 spiro atoms. The van der Waals surface area contributed by atoms with Gasteiger partial charge in [-0.3, -0.25) is 20.2 Å². The molecule has 2 rings (SSSR count). The molecule has 35 heavy (non-hydrogen) atoms. The Morgan fingerprint density at radius 2 is 1.89 bits per heavy atom. The van der Waals surface area contributed by atoms with E-state index in [0.717, 1.165) is 6.08 Å². The first kappa shape index (κ1) is 36.3. The Labute approximate surface area is 213 Å². The van der Waals surface area contributed by atoms with Gasteiger partial charge in [0.2, 0.25) is 18.3 Å². The molecule has 2 aromatic rings. The van der Waals surface area contributed by atoms with Crippen molar-refractivity contribution in [2.75, 3.05) is 12.8 Å². The van der Waals surface area contributed by atoms with E-state index in [2.05, 4.69) is 35.8 Å². The van der Waals surface area contributed by atoms with Crippen molar-refractivity contribution in [3.05, 3.63) is 85.7 Å². The largest absolute Gasteiger partial charge is 0.481 e. The Morgan fingerprint density at radius 1 is 1.31 bits per heavy atom. The Hall–Kier alpha value is -3.32. The van der Waals surface area contributed by atoms with Crippen molar-refractivity contribution in [2.45, 2.75) is 39.9 Å². The number of anilines is 1. The minimum absolute atomic E-state index is 0. The van der Waals surface area contributed by atoms with Crippen LogP contribution in [0.25, 0.3) is 0 Å². The molecule has 0 fully saturated rings. The van der Waals surface area contributed by atoms with Crippen molar-refractivity contribution in [3.8, 4) is 5.88 Å². The lowest BCUT2D eigenvalue weighted by Gasteiger charge is -2.05. The molecule has 2 N–H and O–H groups in total. The second-order valence-electron chi connectivity index (χ2n) is 5.50. The summed E-state index contributed by atoms with van der Waals surface area (Å²) in [5.41, 5.74) is 5.94. The van der Waals surface area contributed by atoms with E-state index in [-0.39, 0.29) is 36.2 Å². The Morgan fingerprint density at radius 3 is 2.26 bits per heavy atom. The molecule has 0 atom stereocenters. The standard InChI is InChI=1S/C7H6ClNO2S.C7H9F2N3O.C4H5NO2.C2H6.CH4/c8-6-2-1-5(4-12)7(3-6)9(10)11;1-13-6-4(2-5(8)9)3-11-7(10)12-6;1-3-4(2)5(6)7;1-2;/h1-3,12H,4H2;3,5H,2H2,1H3,(H2,10,11,12);3H,1-2H2;1-2H3;1H4. The fourth-order valence-electron chi connectivity index (χ4n) is 1.80. The van der Waals surface area contributed by atoms with Crippen LogP contribution in [0.15, 0.2) is 49.3 Å². The number of methoxy groups -OCH3 is 1. The van der Waals surface area contributed by atoms with Crippen LogP contribution in [0, 0.1) is 20.2 Å². The molecule has 1 aromatic heterocycles. The number of thiol groups is 1. The summed E-state index contributed by atoms with van der Waals surface area (Å²) in [6.07, 6.45) is -0.530. The summed E-state index contributed by atoms with van der Waals surface area (Å²) in [4.78, 5) is 26.2. The third-order valence-electron chi connectivity index (χ3n) is 3.30. The zero-order valence-corrected chi connectivity index (χ0v) is 20.4. The summed E-state index contributed by atoms with van der Waals surface area (Å²) in [5, 5.41) is 20.4. The summed E-state index contributed by atoms with van der Waals surface area (Å²) >= 11 is 9.55. The van der Waals surface area contributed by atoms with Gasteiger partial charge in [0, 0.05) is 46.7 Å². The van der Waals surface area contributed by atoms with Crippen LogP contribution >= 0.6 is 24.2 Å². The van der Waals surface area contributed by atoms with Crippen LogP contribution in [0.5, 0.6) is 5.88 Å². The second kappa shape index (κ2) is 20.1. The van der Waals surface area contributed by atoms with Crippen LogP contribution in [0.3, 0.4) is 0 Å². The molecule has 0 saturated heterocycles. The van der Waals surface area contributed by atoms with Crippen molar-refractivity contribution in [1.29, 1.82) is 0 Å². The van der Waals surface area contributed by atoms with Crippen molar-refractivity contribution in [1.82, 2.24) is 9.97 Å². The molecule has 10 nitrogen and oxygen atoms in total. The number of hydrogen-bond acceptors (Lipinski definition) is 9. The average Bonchev–Trinajstić information content (AvgIpc) is 2.81. The Bertz CT molecular complexity index is 968. The smallest absolute Gasteiger partial charge is 0.274 e. The van der Waals surface area contributed by atoms with Gasteiger partial charge in [0.05, 0.1) is 17.0 Å². The number of benzene rings is 1. The fraction of sp³-hybridized carbons (Fsp3) is 0.333. The van der Waals surface area contributed by atoms with Crippen LogP contribution in [0.1, 0.15) is 32.4 Å². The molecule has 0 aliphatic rings. The summed E-state index contributed by atoms with van der Waals surface area (Å²) in [7, 11) is 1.34. The lowest BCUT2D eigenvalue weighted by atomic mass is 10.2. The first-order chi connectivity index (χ1) is 16.0. The number of allylic oxidation sites excluding steroid dienone is 1. The lowest BCUT2D eigenvalue weighted by Crippen LogP contribution is -2.05. The highest BCUT2D eigenvalue weighted by atomic mass is 35.5. The number of alkyl halides is 2. The van der Waals surface area contributed by atoms with Crippen LogP contribution in [-0.2, 0) is 12.2 Å². The summed E-state index contributed by atoms with van der Waals surface area (Å²) in [6.45, 7) is 10.2.